The fourth-order valence-electron chi connectivity index (χ4n) is 4.71. The second kappa shape index (κ2) is 10.1. The molecule has 1 aromatic heterocycles. The lowest BCUT2D eigenvalue weighted by Gasteiger charge is -2.53. The second-order valence-corrected chi connectivity index (χ2v) is 9.59. The van der Waals surface area contributed by atoms with Gasteiger partial charge in [-0.05, 0) is 57.1 Å². The first-order chi connectivity index (χ1) is 15.2. The van der Waals surface area contributed by atoms with Crippen LogP contribution in [0.4, 0.5) is 5.82 Å². The van der Waals surface area contributed by atoms with Crippen molar-refractivity contribution in [3.05, 3.63) is 23.9 Å². The molecule has 0 unspecified atom stereocenters. The van der Waals surface area contributed by atoms with Gasteiger partial charge in [0, 0.05) is 46.5 Å². The van der Waals surface area contributed by atoms with Crippen LogP contribution >= 0.6 is 0 Å². The van der Waals surface area contributed by atoms with Crippen molar-refractivity contribution in [1.82, 2.24) is 15.2 Å². The van der Waals surface area contributed by atoms with Gasteiger partial charge >= 0.3 is 0 Å². The number of nitrogens with one attached hydrogen (secondary N) is 1. The highest BCUT2D eigenvalue weighted by Crippen LogP contribution is 2.41. The Morgan fingerprint density at radius 1 is 1.31 bits per heavy atom. The second-order valence-electron chi connectivity index (χ2n) is 9.59. The molecule has 2 atom stereocenters. The quantitative estimate of drug-likeness (QED) is 0.579. The van der Waals surface area contributed by atoms with Crippen LogP contribution in [0.5, 0.6) is 0 Å². The number of aliphatic hydroxyl groups excluding tert-OH is 1. The predicted molar refractivity (Wildman–Crippen MR) is 121 cm³/mol. The van der Waals surface area contributed by atoms with Crippen molar-refractivity contribution in [1.29, 1.82) is 0 Å². The first-order valence-corrected chi connectivity index (χ1v) is 11.3. The molecule has 1 saturated carbocycles. The van der Waals surface area contributed by atoms with Gasteiger partial charge in [0.25, 0.3) is 12.4 Å². The lowest BCUT2D eigenvalue weighted by molar-refractivity contribution is -0.205. The number of ether oxygens (including phenoxy) is 1. The third-order valence-corrected chi connectivity index (χ3v) is 6.90. The minimum absolute atomic E-state index is 0.201. The number of hydrogen-bond acceptors (Lipinski definition) is 7. The summed E-state index contributed by atoms with van der Waals surface area (Å²) in [6.07, 6.45) is 5.79. The average Bonchev–Trinajstić information content (AvgIpc) is 3.58. The van der Waals surface area contributed by atoms with Crippen LogP contribution in [-0.2, 0) is 9.53 Å². The monoisotopic (exact) mass is 448 g/mol. The standard InChI is InChI=1S/C22H34N4O3.CH2O2/c1-21(24-19(27)17-6-7-18(23-14-17)25(2)3)10-13-29-22(20(21)28)8-11-26(12-9-22)15-16-4-5-16;2-1-3/h6-7,14,16,20,28H,4-5,8-13,15H2,1-3H3,(H,24,27);1H,(H,2,3)/t20-,21+;/m1./s1. The zero-order valence-corrected chi connectivity index (χ0v) is 19.3. The molecule has 9 nitrogen and oxygen atoms in total. The number of anilines is 1. The maximum Gasteiger partial charge on any atom is 0.290 e. The van der Waals surface area contributed by atoms with E-state index in [2.05, 4.69) is 15.2 Å². The van der Waals surface area contributed by atoms with E-state index in [0.29, 0.717) is 18.6 Å². The molecule has 9 heteroatoms. The zero-order valence-electron chi connectivity index (χ0n) is 19.3. The molecule has 4 rings (SSSR count). The van der Waals surface area contributed by atoms with E-state index in [1.54, 1.807) is 12.3 Å². The summed E-state index contributed by atoms with van der Waals surface area (Å²) in [6.45, 7) is 5.32. The number of piperidine rings is 1. The zero-order chi connectivity index (χ0) is 23.4. The van der Waals surface area contributed by atoms with E-state index in [1.165, 1.54) is 19.4 Å². The van der Waals surface area contributed by atoms with E-state index in [-0.39, 0.29) is 12.4 Å². The maximum atomic E-state index is 12.9. The van der Waals surface area contributed by atoms with Gasteiger partial charge in [0.05, 0.1) is 16.7 Å². The van der Waals surface area contributed by atoms with E-state index in [0.717, 1.165) is 37.7 Å². The summed E-state index contributed by atoms with van der Waals surface area (Å²) in [5.74, 6) is 1.47. The predicted octanol–water partition coefficient (Wildman–Crippen LogP) is 1.36. The van der Waals surface area contributed by atoms with Gasteiger partial charge < -0.3 is 30.1 Å². The lowest BCUT2D eigenvalue weighted by atomic mass is 9.73. The molecule has 178 valence electrons. The molecule has 0 radical (unpaired) electrons. The number of rotatable bonds is 5. The number of nitrogens with zero attached hydrogens (tertiary/aromatic N) is 3. The van der Waals surface area contributed by atoms with Crippen LogP contribution in [0, 0.1) is 5.92 Å². The molecule has 3 fully saturated rings. The van der Waals surface area contributed by atoms with Crippen molar-refractivity contribution < 1.29 is 24.5 Å². The van der Waals surface area contributed by atoms with Gasteiger partial charge in [-0.25, -0.2) is 4.98 Å². The number of aliphatic hydroxyl groups is 1. The number of amides is 1. The Morgan fingerprint density at radius 2 is 1.97 bits per heavy atom. The summed E-state index contributed by atoms with van der Waals surface area (Å²) in [4.78, 5) is 30.0. The third-order valence-electron chi connectivity index (χ3n) is 6.90. The summed E-state index contributed by atoms with van der Waals surface area (Å²) in [6, 6.07) is 3.60. The maximum absolute atomic E-state index is 12.9. The van der Waals surface area contributed by atoms with Crippen molar-refractivity contribution in [3.8, 4) is 0 Å². The number of carbonyl (C=O) groups excluding carboxylic acids is 1. The molecule has 3 aliphatic rings. The van der Waals surface area contributed by atoms with Gasteiger partial charge in [-0.3, -0.25) is 9.59 Å². The normalized spacial score (nSPS) is 27.2. The van der Waals surface area contributed by atoms with Gasteiger partial charge in [0.2, 0.25) is 0 Å². The highest BCUT2D eigenvalue weighted by atomic mass is 16.5. The fourth-order valence-corrected chi connectivity index (χ4v) is 4.71. The molecule has 1 spiro atoms. The topological polar surface area (TPSA) is 115 Å². The molecule has 2 aliphatic heterocycles. The van der Waals surface area contributed by atoms with E-state index in [4.69, 9.17) is 14.6 Å². The van der Waals surface area contributed by atoms with Crippen molar-refractivity contribution in [2.24, 2.45) is 5.92 Å². The summed E-state index contributed by atoms with van der Waals surface area (Å²) < 4.78 is 6.17. The number of pyridine rings is 1. The lowest BCUT2D eigenvalue weighted by Crippen LogP contribution is -2.69. The van der Waals surface area contributed by atoms with Crippen LogP contribution in [0.3, 0.4) is 0 Å². The fraction of sp³-hybridized carbons (Fsp3) is 0.696. The molecule has 3 heterocycles. The Kier molecular flexibility index (Phi) is 7.74. The van der Waals surface area contributed by atoms with Gasteiger partial charge in [-0.1, -0.05) is 0 Å². The molecule has 0 bridgehead atoms. The number of carboxylic acid groups (broad SMARTS) is 1. The summed E-state index contributed by atoms with van der Waals surface area (Å²) in [7, 11) is 3.83. The van der Waals surface area contributed by atoms with E-state index >= 15 is 0 Å². The van der Waals surface area contributed by atoms with Crippen LogP contribution < -0.4 is 10.2 Å². The molecular weight excluding hydrogens is 412 g/mol. The minimum atomic E-state index is -0.732. The van der Waals surface area contributed by atoms with E-state index < -0.39 is 17.2 Å². The van der Waals surface area contributed by atoms with Crippen LogP contribution in [0.2, 0.25) is 0 Å². The molecule has 1 amide bonds. The van der Waals surface area contributed by atoms with E-state index in [1.807, 2.05) is 32.0 Å². The van der Waals surface area contributed by atoms with Crippen molar-refractivity contribution in [3.63, 3.8) is 0 Å². The molecule has 0 aromatic carbocycles. The van der Waals surface area contributed by atoms with Crippen molar-refractivity contribution >= 4 is 18.2 Å². The summed E-state index contributed by atoms with van der Waals surface area (Å²) in [5, 5.41) is 21.3. The Balaban J connectivity index is 0.000000913. The number of aromatic nitrogens is 1. The molecule has 3 N–H and O–H groups in total. The highest BCUT2D eigenvalue weighted by molar-refractivity contribution is 5.94. The van der Waals surface area contributed by atoms with Crippen molar-refractivity contribution in [2.45, 2.75) is 56.3 Å². The van der Waals surface area contributed by atoms with Gasteiger partial charge in [-0.15, -0.1) is 0 Å². The van der Waals surface area contributed by atoms with Crippen LogP contribution in [0.15, 0.2) is 18.3 Å². The molecule has 2 saturated heterocycles. The minimum Gasteiger partial charge on any atom is -0.483 e. The van der Waals surface area contributed by atoms with E-state index in [9.17, 15) is 9.90 Å². The van der Waals surface area contributed by atoms with Crippen molar-refractivity contribution in [2.75, 3.05) is 45.2 Å². The Labute approximate surface area is 189 Å². The highest BCUT2D eigenvalue weighted by Gasteiger charge is 2.54. The average molecular weight is 449 g/mol. The summed E-state index contributed by atoms with van der Waals surface area (Å²) in [5.41, 5.74) is -0.773. The smallest absolute Gasteiger partial charge is 0.290 e. The van der Waals surface area contributed by atoms with Gasteiger partial charge in [0.1, 0.15) is 11.9 Å². The molecule has 1 aromatic rings. The van der Waals surface area contributed by atoms with Gasteiger partial charge in [0.15, 0.2) is 0 Å². The van der Waals surface area contributed by atoms with Crippen LogP contribution in [-0.4, -0.2) is 90.1 Å². The Morgan fingerprint density at radius 3 is 2.50 bits per heavy atom. The number of hydrogen-bond donors (Lipinski definition) is 3. The molecular formula is C23H36N4O5. The largest absolute Gasteiger partial charge is 0.483 e. The van der Waals surface area contributed by atoms with Crippen LogP contribution in [0.1, 0.15) is 49.4 Å². The Hall–Kier alpha value is -2.23. The summed E-state index contributed by atoms with van der Waals surface area (Å²) >= 11 is 0. The molecule has 1 aliphatic carbocycles. The number of carbonyl (C=O) groups is 2. The van der Waals surface area contributed by atoms with Gasteiger partial charge in [-0.2, -0.15) is 0 Å². The Bertz CT molecular complexity index is 775. The third kappa shape index (κ3) is 5.57. The first kappa shape index (κ1) is 24.4. The molecule has 32 heavy (non-hydrogen) atoms. The van der Waals surface area contributed by atoms with Crippen LogP contribution in [0.25, 0.3) is 0 Å². The number of likely N-dealkylation sites (tertiary alicyclic amines) is 1. The SMILES string of the molecule is CN(C)c1ccc(C(=O)N[C@@]2(C)CCOC3(CCN(CC4CC4)CC3)[C@@H]2O)cn1.O=CO. The first-order valence-electron chi connectivity index (χ1n) is 11.3.